The maximum Gasteiger partial charge on any atom is 0.185 e. The first-order chi connectivity index (χ1) is 7.79. The molecule has 0 aliphatic rings. The van der Waals surface area contributed by atoms with Crippen LogP contribution in [0.4, 0.5) is 5.13 Å². The lowest BCUT2D eigenvalue weighted by molar-refractivity contribution is 0.507. The van der Waals surface area contributed by atoms with Gasteiger partial charge in [-0.1, -0.05) is 0 Å². The van der Waals surface area contributed by atoms with Crippen molar-refractivity contribution in [3.63, 3.8) is 0 Å². The number of aromatic nitrogens is 1. The Balaban J connectivity index is 2.00. The molecule has 86 valence electrons. The maximum absolute atomic E-state index is 5.30. The van der Waals surface area contributed by atoms with Crippen LogP contribution in [-0.4, -0.2) is 19.1 Å². The molecule has 4 nitrogen and oxygen atoms in total. The first-order valence-electron chi connectivity index (χ1n) is 5.12. The fourth-order valence-electron chi connectivity index (χ4n) is 1.44. The van der Waals surface area contributed by atoms with E-state index in [9.17, 15) is 0 Å². The molecule has 0 saturated heterocycles. The second kappa shape index (κ2) is 5.14. The van der Waals surface area contributed by atoms with Crippen molar-refractivity contribution >= 4 is 16.5 Å². The van der Waals surface area contributed by atoms with E-state index in [1.807, 2.05) is 26.2 Å². The number of hydrogen-bond donors (Lipinski definition) is 1. The van der Waals surface area contributed by atoms with E-state index in [0.29, 0.717) is 0 Å². The van der Waals surface area contributed by atoms with Crippen molar-refractivity contribution in [2.75, 3.05) is 19.0 Å². The molecule has 2 aromatic heterocycles. The van der Waals surface area contributed by atoms with Crippen molar-refractivity contribution in [2.45, 2.75) is 13.1 Å². The van der Waals surface area contributed by atoms with Crippen LogP contribution in [0.1, 0.15) is 11.5 Å². The first kappa shape index (κ1) is 11.2. The van der Waals surface area contributed by atoms with Gasteiger partial charge < -0.3 is 14.6 Å². The van der Waals surface area contributed by atoms with Gasteiger partial charge in [0.15, 0.2) is 5.13 Å². The summed E-state index contributed by atoms with van der Waals surface area (Å²) < 4.78 is 5.30. The van der Waals surface area contributed by atoms with Gasteiger partial charge in [0.2, 0.25) is 0 Å². The number of furan rings is 1. The molecule has 0 aromatic carbocycles. The van der Waals surface area contributed by atoms with Gasteiger partial charge in [0, 0.05) is 19.0 Å². The molecule has 0 bridgehead atoms. The second-order valence-electron chi connectivity index (χ2n) is 3.59. The van der Waals surface area contributed by atoms with Gasteiger partial charge >= 0.3 is 0 Å². The molecule has 16 heavy (non-hydrogen) atoms. The van der Waals surface area contributed by atoms with E-state index in [1.54, 1.807) is 17.6 Å². The molecular formula is C11H15N3OS. The number of thiazole rings is 1. The van der Waals surface area contributed by atoms with Gasteiger partial charge in [-0.25, -0.2) is 4.98 Å². The molecule has 1 N–H and O–H groups in total. The number of rotatable bonds is 5. The van der Waals surface area contributed by atoms with Crippen LogP contribution >= 0.6 is 11.3 Å². The molecule has 0 saturated carbocycles. The Bertz CT molecular complexity index is 424. The summed E-state index contributed by atoms with van der Waals surface area (Å²) in [6.07, 6.45) is 1.69. The lowest BCUT2D eigenvalue weighted by atomic mass is 10.4. The first-order valence-corrected chi connectivity index (χ1v) is 6.00. The summed E-state index contributed by atoms with van der Waals surface area (Å²) in [6.45, 7) is 1.56. The minimum atomic E-state index is 0.750. The van der Waals surface area contributed by atoms with Crippen LogP contribution in [0.3, 0.4) is 0 Å². The monoisotopic (exact) mass is 237 g/mol. The fraction of sp³-hybridized carbons (Fsp3) is 0.364. The van der Waals surface area contributed by atoms with E-state index < -0.39 is 0 Å². The smallest absolute Gasteiger partial charge is 0.185 e. The lowest BCUT2D eigenvalue weighted by Crippen LogP contribution is -2.16. The average molecular weight is 237 g/mol. The summed E-state index contributed by atoms with van der Waals surface area (Å²) >= 11 is 1.65. The van der Waals surface area contributed by atoms with E-state index in [4.69, 9.17) is 4.42 Å². The molecule has 0 fully saturated rings. The number of hydrogen-bond acceptors (Lipinski definition) is 5. The van der Waals surface area contributed by atoms with Crippen LogP contribution in [0.15, 0.2) is 28.2 Å². The SMILES string of the molecule is CNCc1csc(N(C)Cc2ccco2)n1. The van der Waals surface area contributed by atoms with Crippen molar-refractivity contribution in [1.29, 1.82) is 0 Å². The minimum absolute atomic E-state index is 0.750. The van der Waals surface area contributed by atoms with Crippen LogP contribution in [-0.2, 0) is 13.1 Å². The molecule has 0 amide bonds. The number of anilines is 1. The largest absolute Gasteiger partial charge is 0.467 e. The Hall–Kier alpha value is -1.33. The molecule has 2 aromatic rings. The van der Waals surface area contributed by atoms with Crippen molar-refractivity contribution in [3.8, 4) is 0 Å². The van der Waals surface area contributed by atoms with Crippen LogP contribution in [0.2, 0.25) is 0 Å². The summed E-state index contributed by atoms with van der Waals surface area (Å²) in [5.41, 5.74) is 1.08. The third kappa shape index (κ3) is 2.62. The molecule has 2 heterocycles. The van der Waals surface area contributed by atoms with Crippen LogP contribution in [0.25, 0.3) is 0 Å². The van der Waals surface area contributed by atoms with E-state index in [-0.39, 0.29) is 0 Å². The molecule has 0 atom stereocenters. The zero-order valence-corrected chi connectivity index (χ0v) is 10.3. The standard InChI is InChI=1S/C11H15N3OS/c1-12-6-9-8-16-11(13-9)14(2)7-10-4-3-5-15-10/h3-5,8,12H,6-7H2,1-2H3. The quantitative estimate of drug-likeness (QED) is 0.864. The minimum Gasteiger partial charge on any atom is -0.467 e. The summed E-state index contributed by atoms with van der Waals surface area (Å²) in [4.78, 5) is 6.61. The Kier molecular flexibility index (Phi) is 3.58. The van der Waals surface area contributed by atoms with Gasteiger partial charge in [-0.05, 0) is 19.2 Å². The highest BCUT2D eigenvalue weighted by atomic mass is 32.1. The number of nitrogens with zero attached hydrogens (tertiary/aromatic N) is 2. The zero-order chi connectivity index (χ0) is 11.4. The highest BCUT2D eigenvalue weighted by molar-refractivity contribution is 7.13. The zero-order valence-electron chi connectivity index (χ0n) is 9.43. The molecular weight excluding hydrogens is 222 g/mol. The van der Waals surface area contributed by atoms with Crippen LogP contribution < -0.4 is 10.2 Å². The molecule has 0 spiro atoms. The van der Waals surface area contributed by atoms with Gasteiger partial charge in [-0.2, -0.15) is 0 Å². The van der Waals surface area contributed by atoms with E-state index >= 15 is 0 Å². The fourth-order valence-corrected chi connectivity index (χ4v) is 2.23. The van der Waals surface area contributed by atoms with Crippen molar-refractivity contribution < 1.29 is 4.42 Å². The molecule has 0 aliphatic heterocycles. The van der Waals surface area contributed by atoms with Gasteiger partial charge in [0.25, 0.3) is 0 Å². The third-order valence-corrected chi connectivity index (χ3v) is 3.20. The van der Waals surface area contributed by atoms with Gasteiger partial charge in [0.1, 0.15) is 5.76 Å². The van der Waals surface area contributed by atoms with Crippen molar-refractivity contribution in [1.82, 2.24) is 10.3 Å². The summed E-state index contributed by atoms with van der Waals surface area (Å²) in [5, 5.41) is 6.18. The Labute approximate surface area is 98.9 Å². The summed E-state index contributed by atoms with van der Waals surface area (Å²) in [7, 11) is 3.94. The molecule has 2 rings (SSSR count). The number of nitrogens with one attached hydrogen (secondary N) is 1. The van der Waals surface area contributed by atoms with Gasteiger partial charge in [0.05, 0.1) is 18.5 Å². The maximum atomic E-state index is 5.30. The predicted octanol–water partition coefficient (Wildman–Crippen LogP) is 2.09. The summed E-state index contributed by atoms with van der Waals surface area (Å²) in [5.74, 6) is 0.952. The average Bonchev–Trinajstić information content (AvgIpc) is 2.89. The molecule has 5 heteroatoms. The van der Waals surface area contributed by atoms with E-state index in [2.05, 4.69) is 20.6 Å². The second-order valence-corrected chi connectivity index (χ2v) is 4.42. The highest BCUT2D eigenvalue weighted by Crippen LogP contribution is 2.20. The third-order valence-electron chi connectivity index (χ3n) is 2.20. The molecule has 0 radical (unpaired) electrons. The molecule has 0 aliphatic carbocycles. The lowest BCUT2D eigenvalue weighted by Gasteiger charge is -2.13. The van der Waals surface area contributed by atoms with Crippen LogP contribution in [0.5, 0.6) is 0 Å². The summed E-state index contributed by atoms with van der Waals surface area (Å²) in [6, 6.07) is 3.87. The van der Waals surface area contributed by atoms with E-state index in [1.165, 1.54) is 0 Å². The normalized spacial score (nSPS) is 10.6. The van der Waals surface area contributed by atoms with E-state index in [0.717, 1.165) is 29.7 Å². The van der Waals surface area contributed by atoms with Gasteiger partial charge in [-0.3, -0.25) is 0 Å². The highest BCUT2D eigenvalue weighted by Gasteiger charge is 2.08. The van der Waals surface area contributed by atoms with Gasteiger partial charge in [-0.15, -0.1) is 11.3 Å². The molecule has 0 unspecified atom stereocenters. The predicted molar refractivity (Wildman–Crippen MR) is 65.7 cm³/mol. The van der Waals surface area contributed by atoms with Crippen molar-refractivity contribution in [3.05, 3.63) is 35.2 Å². The Morgan fingerprint density at radius 2 is 2.44 bits per heavy atom. The topological polar surface area (TPSA) is 41.3 Å². The van der Waals surface area contributed by atoms with Crippen LogP contribution in [0, 0.1) is 0 Å². The Morgan fingerprint density at radius 1 is 1.56 bits per heavy atom. The Morgan fingerprint density at radius 3 is 3.12 bits per heavy atom. The van der Waals surface area contributed by atoms with Crippen molar-refractivity contribution in [2.24, 2.45) is 0 Å².